The number of esters is 4. The maximum absolute atomic E-state index is 13.1. The second-order valence-corrected chi connectivity index (χ2v) is 30.6. The molecule has 0 aliphatic heterocycles. The predicted octanol–water partition coefficient (Wildman–Crippen LogP) is 25.0. The Morgan fingerprint density at radius 2 is 0.500 bits per heavy atom. The van der Waals surface area contributed by atoms with Crippen LogP contribution >= 0.6 is 15.6 Å². The van der Waals surface area contributed by atoms with Crippen molar-refractivity contribution in [2.45, 2.75) is 354 Å². The number of carbonyl (C=O) groups is 4. The number of aliphatic hydroxyl groups is 1. The van der Waals surface area contributed by atoms with E-state index in [4.69, 9.17) is 37.0 Å². The van der Waals surface area contributed by atoms with Gasteiger partial charge in [0.25, 0.3) is 0 Å². The Labute approximate surface area is 656 Å². The van der Waals surface area contributed by atoms with Gasteiger partial charge in [-0.2, -0.15) is 0 Å². The quantitative estimate of drug-likeness (QED) is 0.0169. The zero-order valence-corrected chi connectivity index (χ0v) is 69.5. The number of hydrogen-bond donors (Lipinski definition) is 3. The number of phosphoric acid groups is 2. The minimum atomic E-state index is -5.01. The number of unbranched alkanes of at least 4 members (excludes halogenated alkanes) is 28. The van der Waals surface area contributed by atoms with Gasteiger partial charge in [-0.3, -0.25) is 37.3 Å². The smallest absolute Gasteiger partial charge is 0.462 e. The van der Waals surface area contributed by atoms with Crippen molar-refractivity contribution >= 4 is 39.5 Å². The van der Waals surface area contributed by atoms with E-state index in [1.165, 1.54) is 77.0 Å². The lowest BCUT2D eigenvalue weighted by molar-refractivity contribution is -0.161. The molecule has 0 bridgehead atoms. The topological polar surface area (TPSA) is 237 Å². The van der Waals surface area contributed by atoms with Crippen LogP contribution in [0.1, 0.15) is 336 Å². The van der Waals surface area contributed by atoms with E-state index in [9.17, 15) is 43.2 Å². The molecule has 0 fully saturated rings. The molecule has 0 aromatic rings. The molecule has 0 spiro atoms. The summed E-state index contributed by atoms with van der Waals surface area (Å²) in [5.74, 6) is -2.31. The summed E-state index contributed by atoms with van der Waals surface area (Å²) in [5, 5.41) is 10.7. The molecule has 0 aromatic heterocycles. The molecule has 3 N–H and O–H groups in total. The maximum atomic E-state index is 13.1. The van der Waals surface area contributed by atoms with E-state index in [2.05, 4.69) is 155 Å². The van der Waals surface area contributed by atoms with E-state index in [-0.39, 0.29) is 25.7 Å². The highest BCUT2D eigenvalue weighted by Crippen LogP contribution is 2.45. The highest BCUT2D eigenvalue weighted by Gasteiger charge is 2.30. The summed E-state index contributed by atoms with van der Waals surface area (Å²) in [4.78, 5) is 73.2. The largest absolute Gasteiger partial charge is 0.472 e. The van der Waals surface area contributed by atoms with E-state index < -0.39 is 97.5 Å². The number of rotatable bonds is 78. The number of carbonyl (C=O) groups excluding carboxylic acids is 4. The van der Waals surface area contributed by atoms with Crippen molar-refractivity contribution < 1.29 is 80.2 Å². The molecular formula is C89H150O17P2. The second-order valence-electron chi connectivity index (χ2n) is 27.7. The summed E-state index contributed by atoms with van der Waals surface area (Å²) in [6.07, 6.45) is 92.5. The molecule has 0 aromatic carbocycles. The summed E-state index contributed by atoms with van der Waals surface area (Å²) >= 11 is 0. The van der Waals surface area contributed by atoms with Gasteiger partial charge in [0.1, 0.15) is 19.3 Å². The van der Waals surface area contributed by atoms with Crippen molar-refractivity contribution in [3.8, 4) is 0 Å². The first-order valence-electron chi connectivity index (χ1n) is 42.1. The Morgan fingerprint density at radius 1 is 0.269 bits per heavy atom. The van der Waals surface area contributed by atoms with Crippen molar-refractivity contribution in [1.29, 1.82) is 0 Å². The standard InChI is InChI=1S/C89H150O17P2/c1-5-9-13-17-21-25-29-33-37-39-41-43-47-50-54-58-62-66-70-74-87(92)100-80-84(105-88(93)75-71-67-63-59-55-51-46-36-32-28-24-20-16-12-8-4)81-103-107(95,96)101-77-83(90)78-102-108(97,98)104-82-85(79-99-86(91)73-69-65-61-57-53-49-45-35-31-27-23-19-15-11-7-3)106-89(94)76-72-68-64-60-56-52-48-44-42-40-38-34-30-26-22-18-14-10-6-2/h9,13,21-22,25-28,31-34,37-38,41-44,50,52,54,56,64,68,83-85,90H,5-8,10-12,14-20,23-24,29-30,35-36,39-40,45-49,51,53,55,57-63,65-67,69-82H2,1-4H3,(H,95,96)(H,97,98)/b13-9-,25-21-,26-22-,31-27-,32-28-,37-33-,38-34-,43-41-,44-42-,54-50-,56-52-,68-64-/t83-,84-,85-/m1/s1. The second kappa shape index (κ2) is 80.0. The molecule has 0 rings (SSSR count). The summed E-state index contributed by atoms with van der Waals surface area (Å²) in [7, 11) is -10.0. The number of phosphoric ester groups is 2. The van der Waals surface area contributed by atoms with Crippen LogP contribution in [0.2, 0.25) is 0 Å². The van der Waals surface area contributed by atoms with Gasteiger partial charge in [0, 0.05) is 25.7 Å². The molecule has 0 heterocycles. The summed E-state index contributed by atoms with van der Waals surface area (Å²) in [6.45, 7) is 4.60. The fourth-order valence-corrected chi connectivity index (χ4v) is 12.4. The van der Waals surface area contributed by atoms with Crippen LogP contribution in [0.5, 0.6) is 0 Å². The molecule has 19 heteroatoms. The van der Waals surface area contributed by atoms with Crippen molar-refractivity contribution in [1.82, 2.24) is 0 Å². The molecule has 0 amide bonds. The Morgan fingerprint density at radius 3 is 0.833 bits per heavy atom. The van der Waals surface area contributed by atoms with E-state index in [0.717, 1.165) is 173 Å². The number of ether oxygens (including phenoxy) is 4. The molecule has 17 nitrogen and oxygen atoms in total. The third-order valence-electron chi connectivity index (χ3n) is 17.3. The highest BCUT2D eigenvalue weighted by atomic mass is 31.2. The lowest BCUT2D eigenvalue weighted by Crippen LogP contribution is -2.30. The first-order valence-corrected chi connectivity index (χ1v) is 45.1. The van der Waals surface area contributed by atoms with Crippen LogP contribution in [0.4, 0.5) is 0 Å². The van der Waals surface area contributed by atoms with Crippen LogP contribution in [0.3, 0.4) is 0 Å². The Balaban J connectivity index is 5.48. The molecule has 0 aliphatic carbocycles. The fourth-order valence-electron chi connectivity index (χ4n) is 10.9. The summed E-state index contributed by atoms with van der Waals surface area (Å²) < 4.78 is 68.6. The van der Waals surface area contributed by atoms with Crippen molar-refractivity contribution in [2.24, 2.45) is 0 Å². The normalized spacial score (nSPS) is 14.5. The maximum Gasteiger partial charge on any atom is 0.472 e. The third-order valence-corrected chi connectivity index (χ3v) is 19.2. The van der Waals surface area contributed by atoms with Crippen LogP contribution < -0.4 is 0 Å². The molecule has 0 aliphatic rings. The van der Waals surface area contributed by atoms with Crippen molar-refractivity contribution in [3.05, 3.63) is 146 Å². The molecule has 0 radical (unpaired) electrons. The first kappa shape index (κ1) is 103. The minimum Gasteiger partial charge on any atom is -0.462 e. The van der Waals surface area contributed by atoms with Crippen molar-refractivity contribution in [3.63, 3.8) is 0 Å². The van der Waals surface area contributed by atoms with Gasteiger partial charge in [0.15, 0.2) is 12.2 Å². The van der Waals surface area contributed by atoms with Crippen LogP contribution in [0.25, 0.3) is 0 Å². The van der Waals surface area contributed by atoms with E-state index >= 15 is 0 Å². The lowest BCUT2D eigenvalue weighted by Gasteiger charge is -2.21. The fraction of sp³-hybridized carbons (Fsp3) is 0.685. The van der Waals surface area contributed by atoms with Crippen LogP contribution in [0, 0.1) is 0 Å². The van der Waals surface area contributed by atoms with Gasteiger partial charge in [0.2, 0.25) is 0 Å². The first-order chi connectivity index (χ1) is 52.7. The van der Waals surface area contributed by atoms with Gasteiger partial charge >= 0.3 is 39.5 Å². The van der Waals surface area contributed by atoms with E-state index in [0.29, 0.717) is 32.1 Å². The van der Waals surface area contributed by atoms with Crippen LogP contribution in [-0.4, -0.2) is 96.7 Å². The van der Waals surface area contributed by atoms with Gasteiger partial charge < -0.3 is 33.8 Å². The SMILES string of the molecule is CC/C=C\C/C=C\C/C=C\C/C=C\C/C=C\CCCCCC(=O)OC[C@H](COP(=O)(O)OC[C@@H](O)COP(=O)(O)OC[C@@H](COC(=O)CCCCCCCCC/C=C\CCCCCC)OC(=O)CC/C=C\C/C=C\C/C=C\C/C=C\C/C=C\CCCCC)OC(=O)CCCCCCCCC/C=C\CCCCCC. The number of allylic oxidation sites excluding steroid dienone is 24. The Hall–Kier alpha value is -5.06. The minimum absolute atomic E-state index is 0.0325. The molecule has 0 saturated heterocycles. The lowest BCUT2D eigenvalue weighted by atomic mass is 10.1. The van der Waals surface area contributed by atoms with Gasteiger partial charge in [-0.25, -0.2) is 9.13 Å². The molecule has 5 atom stereocenters. The zero-order chi connectivity index (χ0) is 78.9. The van der Waals surface area contributed by atoms with Gasteiger partial charge in [-0.1, -0.05) is 296 Å². The van der Waals surface area contributed by atoms with E-state index in [1.807, 2.05) is 18.2 Å². The molecule has 0 saturated carbocycles. The monoisotopic (exact) mass is 1550 g/mol. The number of aliphatic hydroxyl groups excluding tert-OH is 1. The van der Waals surface area contributed by atoms with Crippen LogP contribution in [-0.2, 0) is 65.4 Å². The molecular weight excluding hydrogens is 1400 g/mol. The predicted molar refractivity (Wildman–Crippen MR) is 445 cm³/mol. The summed E-state index contributed by atoms with van der Waals surface area (Å²) in [6, 6.07) is 0. The third kappa shape index (κ3) is 79.0. The Kier molecular flexibility index (Phi) is 76.3. The van der Waals surface area contributed by atoms with Gasteiger partial charge in [-0.05, 0) is 161 Å². The van der Waals surface area contributed by atoms with Gasteiger partial charge in [-0.15, -0.1) is 0 Å². The average molecular weight is 1550 g/mol. The number of hydrogen-bond acceptors (Lipinski definition) is 15. The zero-order valence-electron chi connectivity index (χ0n) is 67.7. The van der Waals surface area contributed by atoms with Crippen molar-refractivity contribution in [2.75, 3.05) is 39.6 Å². The van der Waals surface area contributed by atoms with E-state index in [1.54, 1.807) is 0 Å². The summed E-state index contributed by atoms with van der Waals surface area (Å²) in [5.41, 5.74) is 0. The van der Waals surface area contributed by atoms with Crippen LogP contribution in [0.15, 0.2) is 146 Å². The molecule has 108 heavy (non-hydrogen) atoms. The molecule has 2 unspecified atom stereocenters. The average Bonchev–Trinajstić information content (AvgIpc) is 0.914. The molecule has 618 valence electrons. The van der Waals surface area contributed by atoms with Gasteiger partial charge in [0.05, 0.1) is 26.4 Å². The Bertz CT molecular complexity index is 2610. The highest BCUT2D eigenvalue weighted by molar-refractivity contribution is 7.47.